The lowest BCUT2D eigenvalue weighted by Gasteiger charge is -2.26. The number of amides is 1. The van der Waals surface area contributed by atoms with E-state index >= 15 is 0 Å². The minimum atomic E-state index is -0.199. The maximum Gasteiger partial charge on any atom is 0.257 e. The third-order valence-electron chi connectivity index (χ3n) is 2.43. The molecule has 0 aliphatic rings. The molecule has 1 amide bonds. The van der Waals surface area contributed by atoms with Crippen LogP contribution in [0.4, 0.5) is 5.69 Å². The molecule has 0 radical (unpaired) electrons. The molecule has 1 heterocycles. The van der Waals surface area contributed by atoms with Crippen LogP contribution in [-0.4, -0.2) is 40.1 Å². The van der Waals surface area contributed by atoms with Crippen LogP contribution in [0.1, 0.15) is 24.2 Å². The molecule has 6 nitrogen and oxygen atoms in total. The Labute approximate surface area is 100 Å². The Bertz CT molecular complexity index is 381. The van der Waals surface area contributed by atoms with E-state index in [0.29, 0.717) is 11.3 Å². The average molecular weight is 238 g/mol. The van der Waals surface area contributed by atoms with E-state index in [1.807, 2.05) is 13.8 Å². The average Bonchev–Trinajstić information content (AvgIpc) is 2.34. The van der Waals surface area contributed by atoms with Crippen molar-refractivity contribution in [2.24, 2.45) is 5.84 Å². The molecule has 94 valence electrons. The van der Waals surface area contributed by atoms with Crippen LogP contribution in [0.15, 0.2) is 18.5 Å². The second kappa shape index (κ2) is 6.17. The van der Waals surface area contributed by atoms with E-state index in [1.54, 1.807) is 17.2 Å². The first-order valence-electron chi connectivity index (χ1n) is 5.44. The highest BCUT2D eigenvalue weighted by molar-refractivity contribution is 5.99. The van der Waals surface area contributed by atoms with Gasteiger partial charge in [-0.2, -0.15) is 0 Å². The number of anilines is 1. The fraction of sp³-hybridized carbons (Fsp3) is 0.455. The number of hydrazine groups is 1. The number of rotatable bonds is 5. The fourth-order valence-corrected chi connectivity index (χ4v) is 1.55. The molecular weight excluding hydrogens is 220 g/mol. The second-order valence-corrected chi connectivity index (χ2v) is 3.88. The number of carbonyl (C=O) groups is 1. The van der Waals surface area contributed by atoms with Crippen molar-refractivity contribution >= 4 is 11.6 Å². The van der Waals surface area contributed by atoms with Crippen molar-refractivity contribution < 1.29 is 9.90 Å². The highest BCUT2D eigenvalue weighted by atomic mass is 16.3. The molecule has 0 bridgehead atoms. The van der Waals surface area contributed by atoms with Gasteiger partial charge in [-0.05, 0) is 19.9 Å². The maximum absolute atomic E-state index is 12.2. The van der Waals surface area contributed by atoms with Crippen LogP contribution in [0.25, 0.3) is 0 Å². The second-order valence-electron chi connectivity index (χ2n) is 3.88. The summed E-state index contributed by atoms with van der Waals surface area (Å²) in [4.78, 5) is 17.7. The Morgan fingerprint density at radius 2 is 2.35 bits per heavy atom. The van der Waals surface area contributed by atoms with Crippen LogP contribution in [0.5, 0.6) is 0 Å². The normalized spacial score (nSPS) is 10.4. The van der Waals surface area contributed by atoms with Gasteiger partial charge in [-0.25, -0.2) is 0 Å². The van der Waals surface area contributed by atoms with Gasteiger partial charge in [0.05, 0.1) is 17.9 Å². The molecule has 0 aromatic carbocycles. The van der Waals surface area contributed by atoms with Crippen molar-refractivity contribution in [1.29, 1.82) is 0 Å². The Balaban J connectivity index is 3.00. The molecule has 17 heavy (non-hydrogen) atoms. The monoisotopic (exact) mass is 238 g/mol. The number of hydrogen-bond acceptors (Lipinski definition) is 5. The molecule has 6 heteroatoms. The van der Waals surface area contributed by atoms with Gasteiger partial charge in [-0.3, -0.25) is 15.6 Å². The molecule has 0 spiro atoms. The van der Waals surface area contributed by atoms with Crippen LogP contribution in [0, 0.1) is 0 Å². The Morgan fingerprint density at radius 3 is 2.88 bits per heavy atom. The van der Waals surface area contributed by atoms with Crippen molar-refractivity contribution in [1.82, 2.24) is 9.88 Å². The standard InChI is InChI=1S/C11H18N4O2/c1-8(2)15(5-6-16)11(17)9-7-13-4-3-10(9)14-12/h3-4,7-8,16H,5-6,12H2,1-2H3,(H,13,14). The summed E-state index contributed by atoms with van der Waals surface area (Å²) >= 11 is 0. The molecule has 1 rings (SSSR count). The van der Waals surface area contributed by atoms with E-state index in [9.17, 15) is 4.79 Å². The predicted octanol–water partition coefficient (Wildman–Crippen LogP) is 0.210. The lowest BCUT2D eigenvalue weighted by atomic mass is 10.2. The molecule has 0 saturated heterocycles. The smallest absolute Gasteiger partial charge is 0.257 e. The molecule has 0 aliphatic heterocycles. The van der Waals surface area contributed by atoms with Gasteiger partial charge in [0.15, 0.2) is 0 Å². The van der Waals surface area contributed by atoms with Gasteiger partial charge >= 0.3 is 0 Å². The molecule has 0 unspecified atom stereocenters. The number of hydrogen-bond donors (Lipinski definition) is 3. The van der Waals surface area contributed by atoms with E-state index in [4.69, 9.17) is 10.9 Å². The number of nitrogen functional groups attached to an aromatic ring is 1. The summed E-state index contributed by atoms with van der Waals surface area (Å²) in [5.74, 6) is 5.14. The summed E-state index contributed by atoms with van der Waals surface area (Å²) in [6.45, 7) is 3.99. The van der Waals surface area contributed by atoms with Gasteiger partial charge in [0.1, 0.15) is 0 Å². The SMILES string of the molecule is CC(C)N(CCO)C(=O)c1cnccc1NN. The van der Waals surface area contributed by atoms with Crippen molar-refractivity contribution in [2.75, 3.05) is 18.6 Å². The number of aromatic nitrogens is 1. The molecule has 0 atom stereocenters. The van der Waals surface area contributed by atoms with Crippen LogP contribution < -0.4 is 11.3 Å². The number of carbonyl (C=O) groups excluding carboxylic acids is 1. The quantitative estimate of drug-likeness (QED) is 0.504. The Kier molecular flexibility index (Phi) is 4.86. The minimum Gasteiger partial charge on any atom is -0.395 e. The van der Waals surface area contributed by atoms with E-state index < -0.39 is 0 Å². The van der Waals surface area contributed by atoms with Gasteiger partial charge in [0.2, 0.25) is 0 Å². The van der Waals surface area contributed by atoms with Gasteiger partial charge in [0, 0.05) is 25.0 Å². The van der Waals surface area contributed by atoms with Crippen molar-refractivity contribution in [3.8, 4) is 0 Å². The zero-order chi connectivity index (χ0) is 12.8. The number of aliphatic hydroxyl groups is 1. The molecule has 1 aromatic heterocycles. The molecular formula is C11H18N4O2. The highest BCUT2D eigenvalue weighted by Gasteiger charge is 2.20. The highest BCUT2D eigenvalue weighted by Crippen LogP contribution is 2.16. The van der Waals surface area contributed by atoms with Crippen molar-refractivity contribution in [3.63, 3.8) is 0 Å². The van der Waals surface area contributed by atoms with Gasteiger partial charge in [-0.1, -0.05) is 0 Å². The molecule has 1 aromatic rings. The zero-order valence-electron chi connectivity index (χ0n) is 10.1. The first-order valence-corrected chi connectivity index (χ1v) is 5.44. The molecule has 4 N–H and O–H groups in total. The van der Waals surface area contributed by atoms with E-state index in [2.05, 4.69) is 10.4 Å². The Hall–Kier alpha value is -1.66. The largest absolute Gasteiger partial charge is 0.395 e. The number of pyridine rings is 1. The third kappa shape index (κ3) is 3.15. The number of nitrogens with one attached hydrogen (secondary N) is 1. The summed E-state index contributed by atoms with van der Waals surface area (Å²) < 4.78 is 0. The topological polar surface area (TPSA) is 91.5 Å². The summed E-state index contributed by atoms with van der Waals surface area (Å²) in [5.41, 5.74) is 3.38. The van der Waals surface area contributed by atoms with Crippen molar-refractivity contribution in [2.45, 2.75) is 19.9 Å². The summed E-state index contributed by atoms with van der Waals surface area (Å²) in [6.07, 6.45) is 3.02. The predicted molar refractivity (Wildman–Crippen MR) is 65.3 cm³/mol. The third-order valence-corrected chi connectivity index (χ3v) is 2.43. The van der Waals surface area contributed by atoms with Crippen LogP contribution >= 0.6 is 0 Å². The van der Waals surface area contributed by atoms with Gasteiger partial charge in [-0.15, -0.1) is 0 Å². The zero-order valence-corrected chi connectivity index (χ0v) is 10.1. The van der Waals surface area contributed by atoms with Crippen LogP contribution in [0.2, 0.25) is 0 Å². The first-order chi connectivity index (χ1) is 8.11. The summed E-state index contributed by atoms with van der Waals surface area (Å²) in [6, 6.07) is 1.63. The summed E-state index contributed by atoms with van der Waals surface area (Å²) in [7, 11) is 0. The van der Waals surface area contributed by atoms with Crippen LogP contribution in [-0.2, 0) is 0 Å². The van der Waals surface area contributed by atoms with Gasteiger partial charge in [0.25, 0.3) is 5.91 Å². The number of nitrogens with zero attached hydrogens (tertiary/aromatic N) is 2. The first kappa shape index (κ1) is 13.4. The van der Waals surface area contributed by atoms with Crippen LogP contribution in [0.3, 0.4) is 0 Å². The lowest BCUT2D eigenvalue weighted by Crippen LogP contribution is -2.39. The fourth-order valence-electron chi connectivity index (χ4n) is 1.55. The molecule has 0 fully saturated rings. The number of aliphatic hydroxyl groups excluding tert-OH is 1. The number of nitrogens with two attached hydrogens (primary N) is 1. The maximum atomic E-state index is 12.2. The van der Waals surface area contributed by atoms with Gasteiger partial charge < -0.3 is 15.4 Å². The summed E-state index contributed by atoms with van der Waals surface area (Å²) in [5, 5.41) is 8.96. The van der Waals surface area contributed by atoms with Crippen molar-refractivity contribution in [3.05, 3.63) is 24.0 Å². The minimum absolute atomic E-state index is 0.000445. The molecule has 0 aliphatic carbocycles. The molecule has 0 saturated carbocycles. The lowest BCUT2D eigenvalue weighted by molar-refractivity contribution is 0.0666. The van der Waals surface area contributed by atoms with E-state index in [1.165, 1.54) is 6.20 Å². The Morgan fingerprint density at radius 1 is 1.65 bits per heavy atom. The van der Waals surface area contributed by atoms with E-state index in [-0.39, 0.29) is 25.1 Å². The van der Waals surface area contributed by atoms with E-state index in [0.717, 1.165) is 0 Å².